The minimum Gasteiger partial charge on any atom is -0.378 e. The lowest BCUT2D eigenvalue weighted by Crippen LogP contribution is -2.21. The molecule has 0 amide bonds. The third-order valence-corrected chi connectivity index (χ3v) is 5.38. The molecule has 0 N–H and O–H groups in total. The second-order valence-corrected chi connectivity index (χ2v) is 7.89. The van der Waals surface area contributed by atoms with Crippen molar-refractivity contribution >= 4 is 17.3 Å². The Bertz CT molecular complexity index is 958. The van der Waals surface area contributed by atoms with Gasteiger partial charge in [-0.2, -0.15) is 0 Å². The Morgan fingerprint density at radius 3 is 1.62 bits per heavy atom. The van der Waals surface area contributed by atoms with Crippen LogP contribution >= 0.6 is 0 Å². The van der Waals surface area contributed by atoms with Crippen LogP contribution in [-0.2, 0) is 0 Å². The molecule has 1 saturated heterocycles. The lowest BCUT2D eigenvalue weighted by atomic mass is 10.0. The molecule has 1 aliphatic heterocycles. The Morgan fingerprint density at radius 1 is 0.655 bits per heavy atom. The van der Waals surface area contributed by atoms with Crippen LogP contribution in [0.2, 0.25) is 0 Å². The molecule has 1 aromatic heterocycles. The summed E-state index contributed by atoms with van der Waals surface area (Å²) in [6.45, 7) is 2.00. The van der Waals surface area contributed by atoms with Gasteiger partial charge in [0.15, 0.2) is 0 Å². The molecule has 6 heteroatoms. The number of benzene rings is 2. The van der Waals surface area contributed by atoms with Gasteiger partial charge in [0, 0.05) is 63.8 Å². The average molecular weight is 389 g/mol. The second-order valence-electron chi connectivity index (χ2n) is 7.89. The summed E-state index contributed by atoms with van der Waals surface area (Å²) >= 11 is 0. The fourth-order valence-corrected chi connectivity index (χ4v) is 3.60. The van der Waals surface area contributed by atoms with Gasteiger partial charge >= 0.3 is 0 Å². The van der Waals surface area contributed by atoms with Crippen molar-refractivity contribution in [1.82, 2.24) is 15.2 Å². The van der Waals surface area contributed by atoms with Crippen molar-refractivity contribution in [3.8, 4) is 22.5 Å². The van der Waals surface area contributed by atoms with E-state index in [1.807, 2.05) is 28.2 Å². The Morgan fingerprint density at radius 2 is 1.14 bits per heavy atom. The van der Waals surface area contributed by atoms with Gasteiger partial charge < -0.3 is 14.7 Å². The van der Waals surface area contributed by atoms with Crippen molar-refractivity contribution in [2.75, 3.05) is 56.0 Å². The van der Waals surface area contributed by atoms with E-state index in [0.29, 0.717) is 0 Å². The highest BCUT2D eigenvalue weighted by Crippen LogP contribution is 2.32. The Kier molecular flexibility index (Phi) is 5.34. The van der Waals surface area contributed by atoms with E-state index in [4.69, 9.17) is 4.98 Å². The fraction of sp³-hybridized carbons (Fsp3) is 0.348. The van der Waals surface area contributed by atoms with Crippen molar-refractivity contribution in [3.63, 3.8) is 0 Å². The molecular formula is C23H28N6. The van der Waals surface area contributed by atoms with Crippen molar-refractivity contribution in [3.05, 3.63) is 48.5 Å². The van der Waals surface area contributed by atoms with E-state index in [1.165, 1.54) is 12.8 Å². The lowest BCUT2D eigenvalue weighted by Gasteiger charge is -2.18. The molecule has 29 heavy (non-hydrogen) atoms. The molecule has 6 nitrogen and oxygen atoms in total. The van der Waals surface area contributed by atoms with Crippen LogP contribution in [0.4, 0.5) is 17.3 Å². The van der Waals surface area contributed by atoms with Gasteiger partial charge in [-0.25, -0.2) is 4.98 Å². The van der Waals surface area contributed by atoms with Gasteiger partial charge in [0.25, 0.3) is 0 Å². The van der Waals surface area contributed by atoms with Gasteiger partial charge in [-0.05, 0) is 37.1 Å². The molecule has 0 bridgehead atoms. The van der Waals surface area contributed by atoms with Crippen molar-refractivity contribution in [2.45, 2.75) is 12.8 Å². The number of nitrogens with zero attached hydrogens (tertiary/aromatic N) is 6. The summed E-state index contributed by atoms with van der Waals surface area (Å²) in [4.78, 5) is 11.4. The van der Waals surface area contributed by atoms with E-state index in [1.54, 1.807) is 0 Å². The summed E-state index contributed by atoms with van der Waals surface area (Å²) in [6, 6.07) is 16.9. The molecule has 1 aliphatic rings. The van der Waals surface area contributed by atoms with Gasteiger partial charge in [-0.1, -0.05) is 24.3 Å². The minimum absolute atomic E-state index is 0.725. The number of anilines is 3. The first-order valence-electron chi connectivity index (χ1n) is 10.1. The summed E-state index contributed by atoms with van der Waals surface area (Å²) in [7, 11) is 8.17. The molecule has 2 aromatic carbocycles. The summed E-state index contributed by atoms with van der Waals surface area (Å²) in [5.41, 5.74) is 6.08. The van der Waals surface area contributed by atoms with E-state index in [2.05, 4.69) is 73.4 Å². The highest BCUT2D eigenvalue weighted by atomic mass is 15.3. The summed E-state index contributed by atoms with van der Waals surface area (Å²) in [5.74, 6) is 0.725. The van der Waals surface area contributed by atoms with Gasteiger partial charge in [-0.15, -0.1) is 10.2 Å². The van der Waals surface area contributed by atoms with Gasteiger partial charge in [0.05, 0.1) is 0 Å². The topological polar surface area (TPSA) is 48.4 Å². The number of aromatic nitrogens is 3. The van der Waals surface area contributed by atoms with Crippen LogP contribution in [0.15, 0.2) is 48.5 Å². The molecule has 0 unspecified atom stereocenters. The third-order valence-electron chi connectivity index (χ3n) is 5.38. The Balaban J connectivity index is 1.79. The van der Waals surface area contributed by atoms with Crippen LogP contribution in [0, 0.1) is 0 Å². The van der Waals surface area contributed by atoms with Crippen molar-refractivity contribution in [1.29, 1.82) is 0 Å². The predicted molar refractivity (Wildman–Crippen MR) is 121 cm³/mol. The SMILES string of the molecule is CN(C)c1ccc(-c2nnc(N3CCCC3)nc2-c2ccc(N(C)C)cc2)cc1. The van der Waals surface area contributed by atoms with Crippen LogP contribution in [0.5, 0.6) is 0 Å². The van der Waals surface area contributed by atoms with Crippen molar-refractivity contribution in [2.24, 2.45) is 0 Å². The molecule has 0 atom stereocenters. The van der Waals surface area contributed by atoms with Crippen LogP contribution in [-0.4, -0.2) is 56.5 Å². The smallest absolute Gasteiger partial charge is 0.245 e. The molecule has 0 radical (unpaired) electrons. The normalized spacial score (nSPS) is 13.6. The number of hydrogen-bond acceptors (Lipinski definition) is 6. The molecule has 4 rings (SSSR count). The first-order chi connectivity index (χ1) is 14.0. The van der Waals surface area contributed by atoms with E-state index in [-0.39, 0.29) is 0 Å². The quantitative estimate of drug-likeness (QED) is 0.660. The molecule has 3 aromatic rings. The van der Waals surface area contributed by atoms with E-state index >= 15 is 0 Å². The summed E-state index contributed by atoms with van der Waals surface area (Å²) in [6.07, 6.45) is 2.37. The van der Waals surface area contributed by atoms with Crippen LogP contribution < -0.4 is 14.7 Å². The third kappa shape index (κ3) is 4.01. The molecule has 0 spiro atoms. The fourth-order valence-electron chi connectivity index (χ4n) is 3.60. The molecule has 0 aliphatic carbocycles. The Labute approximate surface area is 172 Å². The largest absolute Gasteiger partial charge is 0.378 e. The van der Waals surface area contributed by atoms with Crippen molar-refractivity contribution < 1.29 is 0 Å². The highest BCUT2D eigenvalue weighted by Gasteiger charge is 2.19. The maximum atomic E-state index is 4.96. The first-order valence-corrected chi connectivity index (χ1v) is 10.1. The average Bonchev–Trinajstić information content (AvgIpc) is 3.28. The van der Waals surface area contributed by atoms with Crippen LogP contribution in [0.1, 0.15) is 12.8 Å². The zero-order chi connectivity index (χ0) is 20.4. The second kappa shape index (κ2) is 8.07. The number of rotatable bonds is 5. The lowest BCUT2D eigenvalue weighted by molar-refractivity contribution is 0.855. The maximum Gasteiger partial charge on any atom is 0.245 e. The van der Waals surface area contributed by atoms with Crippen LogP contribution in [0.3, 0.4) is 0 Å². The first kappa shape index (κ1) is 19.2. The Hall–Kier alpha value is -3.15. The van der Waals surface area contributed by atoms with Gasteiger partial charge in [0.2, 0.25) is 5.95 Å². The zero-order valence-electron chi connectivity index (χ0n) is 17.6. The highest BCUT2D eigenvalue weighted by molar-refractivity contribution is 5.79. The molecule has 1 fully saturated rings. The standard InChI is InChI=1S/C23H28N6/c1-27(2)19-11-7-17(8-12-19)21-22(18-9-13-20(14-10-18)28(3)4)25-26-23(24-21)29-15-5-6-16-29/h7-14H,5-6,15-16H2,1-4H3. The summed E-state index contributed by atoms with van der Waals surface area (Å²) in [5, 5.41) is 9.10. The van der Waals surface area contributed by atoms with E-state index < -0.39 is 0 Å². The van der Waals surface area contributed by atoms with E-state index in [9.17, 15) is 0 Å². The molecule has 150 valence electrons. The maximum absolute atomic E-state index is 4.96. The minimum atomic E-state index is 0.725. The van der Waals surface area contributed by atoms with E-state index in [0.717, 1.165) is 52.9 Å². The molecule has 0 saturated carbocycles. The summed E-state index contributed by atoms with van der Waals surface area (Å²) < 4.78 is 0. The predicted octanol–water partition coefficient (Wildman–Crippen LogP) is 3.94. The molecular weight excluding hydrogens is 360 g/mol. The van der Waals surface area contributed by atoms with Gasteiger partial charge in [0.1, 0.15) is 11.4 Å². The van der Waals surface area contributed by atoms with Crippen LogP contribution in [0.25, 0.3) is 22.5 Å². The van der Waals surface area contributed by atoms with Gasteiger partial charge in [-0.3, -0.25) is 0 Å². The number of hydrogen-bond donors (Lipinski definition) is 0. The monoisotopic (exact) mass is 388 g/mol. The molecule has 2 heterocycles. The zero-order valence-corrected chi connectivity index (χ0v) is 17.6.